The van der Waals surface area contributed by atoms with Gasteiger partial charge < -0.3 is 25.2 Å². The first-order chi connectivity index (χ1) is 14.4. The maximum atomic E-state index is 12.0. The fraction of sp³-hybridized carbons (Fsp3) is 0.571. The van der Waals surface area contributed by atoms with E-state index in [1.807, 2.05) is 24.3 Å². The molecule has 0 bridgehead atoms. The first-order valence-corrected chi connectivity index (χ1v) is 10.2. The summed E-state index contributed by atoms with van der Waals surface area (Å²) < 4.78 is 5.37. The van der Waals surface area contributed by atoms with Crippen LogP contribution in [0, 0.1) is 0 Å². The molecule has 1 saturated heterocycles. The number of carbonyl (C=O) groups excluding carboxylic acids is 2. The number of rotatable bonds is 8. The van der Waals surface area contributed by atoms with Crippen LogP contribution >= 0.6 is 24.0 Å². The predicted octanol–water partition coefficient (Wildman–Crippen LogP) is 0.462. The Kier molecular flexibility index (Phi) is 12.4. The normalized spacial score (nSPS) is 14.4. The lowest BCUT2D eigenvalue weighted by atomic mass is 10.1. The quantitative estimate of drug-likeness (QED) is 0.280. The third-order valence-electron chi connectivity index (χ3n) is 4.76. The summed E-state index contributed by atoms with van der Waals surface area (Å²) in [4.78, 5) is 34.0. The van der Waals surface area contributed by atoms with Gasteiger partial charge in [-0.05, 0) is 17.7 Å². The first kappa shape index (κ1) is 27.1. The molecule has 0 saturated carbocycles. The van der Waals surface area contributed by atoms with E-state index < -0.39 is 0 Å². The van der Waals surface area contributed by atoms with Crippen molar-refractivity contribution in [1.29, 1.82) is 0 Å². The molecule has 1 fully saturated rings. The van der Waals surface area contributed by atoms with Crippen LogP contribution in [0.4, 0.5) is 0 Å². The second-order valence-corrected chi connectivity index (χ2v) is 7.58. The topological polar surface area (TPSA) is 89.5 Å². The lowest BCUT2D eigenvalue weighted by Gasteiger charge is -2.26. The molecule has 0 aliphatic carbocycles. The fourth-order valence-corrected chi connectivity index (χ4v) is 2.83. The maximum Gasteiger partial charge on any atom is 0.253 e. The van der Waals surface area contributed by atoms with Crippen LogP contribution in [0.3, 0.4) is 0 Å². The smallest absolute Gasteiger partial charge is 0.253 e. The van der Waals surface area contributed by atoms with Crippen LogP contribution in [0.15, 0.2) is 29.3 Å². The van der Waals surface area contributed by atoms with E-state index in [4.69, 9.17) is 4.74 Å². The molecule has 1 aliphatic heterocycles. The van der Waals surface area contributed by atoms with Crippen molar-refractivity contribution >= 4 is 41.8 Å². The summed E-state index contributed by atoms with van der Waals surface area (Å²) in [7, 11) is 6.92. The molecule has 0 atom stereocenters. The fourth-order valence-electron chi connectivity index (χ4n) is 2.83. The Morgan fingerprint density at radius 2 is 1.68 bits per heavy atom. The summed E-state index contributed by atoms with van der Waals surface area (Å²) in [5.41, 5.74) is 1.63. The average molecular weight is 546 g/mol. The zero-order valence-electron chi connectivity index (χ0n) is 18.9. The van der Waals surface area contributed by atoms with Crippen LogP contribution in [-0.4, -0.2) is 107 Å². The van der Waals surface area contributed by atoms with E-state index in [-0.39, 0.29) is 42.3 Å². The molecule has 0 radical (unpaired) electrons. The first-order valence-electron chi connectivity index (χ1n) is 10.2. The van der Waals surface area contributed by atoms with Crippen molar-refractivity contribution in [3.05, 3.63) is 35.4 Å². The molecule has 0 aromatic heterocycles. The van der Waals surface area contributed by atoms with E-state index >= 15 is 0 Å². The molecular formula is C21H35IN6O3. The minimum atomic E-state index is -0.0283. The van der Waals surface area contributed by atoms with Crippen LogP contribution in [0.25, 0.3) is 0 Å². The predicted molar refractivity (Wildman–Crippen MR) is 133 cm³/mol. The molecular weight excluding hydrogens is 511 g/mol. The highest BCUT2D eigenvalue weighted by molar-refractivity contribution is 14.0. The van der Waals surface area contributed by atoms with Gasteiger partial charge in [0, 0.05) is 59.9 Å². The maximum absolute atomic E-state index is 12.0. The van der Waals surface area contributed by atoms with E-state index in [0.29, 0.717) is 18.1 Å². The molecule has 2 N–H and O–H groups in total. The van der Waals surface area contributed by atoms with E-state index in [2.05, 4.69) is 20.5 Å². The summed E-state index contributed by atoms with van der Waals surface area (Å²) in [6, 6.07) is 7.41. The SMILES string of the molecule is CN(C)C(=O)CNC(=NCc1ccc(C(=O)N(C)C)cc1)NCCN1CCOCC1.I. The van der Waals surface area contributed by atoms with Crippen LogP contribution in [0.1, 0.15) is 15.9 Å². The van der Waals surface area contributed by atoms with Crippen molar-refractivity contribution in [3.63, 3.8) is 0 Å². The Morgan fingerprint density at radius 3 is 2.26 bits per heavy atom. The van der Waals surface area contributed by atoms with Gasteiger partial charge in [-0.15, -0.1) is 24.0 Å². The molecule has 0 unspecified atom stereocenters. The number of nitrogens with one attached hydrogen (secondary N) is 2. The summed E-state index contributed by atoms with van der Waals surface area (Å²) in [5, 5.41) is 6.40. The minimum Gasteiger partial charge on any atom is -0.379 e. The molecule has 1 aromatic rings. The molecule has 10 heteroatoms. The second kappa shape index (κ2) is 14.2. The average Bonchev–Trinajstić information content (AvgIpc) is 2.75. The van der Waals surface area contributed by atoms with E-state index in [1.165, 1.54) is 0 Å². The van der Waals surface area contributed by atoms with Gasteiger partial charge in [-0.25, -0.2) is 4.99 Å². The number of nitrogens with zero attached hydrogens (tertiary/aromatic N) is 4. The van der Waals surface area contributed by atoms with Gasteiger partial charge in [-0.1, -0.05) is 12.1 Å². The lowest BCUT2D eigenvalue weighted by molar-refractivity contribution is -0.127. The molecule has 1 aromatic carbocycles. The van der Waals surface area contributed by atoms with Gasteiger partial charge >= 0.3 is 0 Å². The zero-order valence-corrected chi connectivity index (χ0v) is 21.2. The Bertz CT molecular complexity index is 718. The molecule has 174 valence electrons. The Morgan fingerprint density at radius 1 is 1.03 bits per heavy atom. The second-order valence-electron chi connectivity index (χ2n) is 7.58. The van der Waals surface area contributed by atoms with Crippen molar-refractivity contribution in [2.45, 2.75) is 6.54 Å². The number of guanidine groups is 1. The van der Waals surface area contributed by atoms with Crippen LogP contribution in [-0.2, 0) is 16.1 Å². The number of halogens is 1. The van der Waals surface area contributed by atoms with Crippen LogP contribution in [0.2, 0.25) is 0 Å². The molecule has 1 aliphatic rings. The summed E-state index contributed by atoms with van der Waals surface area (Å²) in [5.74, 6) is 0.538. The largest absolute Gasteiger partial charge is 0.379 e. The lowest BCUT2D eigenvalue weighted by Crippen LogP contribution is -2.46. The van der Waals surface area contributed by atoms with Crippen LogP contribution in [0.5, 0.6) is 0 Å². The molecule has 0 spiro atoms. The van der Waals surface area contributed by atoms with Crippen molar-refractivity contribution in [2.75, 3.05) is 74.1 Å². The highest BCUT2D eigenvalue weighted by atomic mass is 127. The van der Waals surface area contributed by atoms with Gasteiger partial charge in [0.1, 0.15) is 0 Å². The van der Waals surface area contributed by atoms with Crippen LogP contribution < -0.4 is 10.6 Å². The van der Waals surface area contributed by atoms with Gasteiger partial charge in [-0.3, -0.25) is 14.5 Å². The number of ether oxygens (including phenoxy) is 1. The summed E-state index contributed by atoms with van der Waals surface area (Å²) in [6.07, 6.45) is 0. The van der Waals surface area contributed by atoms with E-state index in [1.54, 1.807) is 38.0 Å². The number of carbonyl (C=O) groups is 2. The molecule has 2 rings (SSSR count). The van der Waals surface area contributed by atoms with Crippen molar-refractivity contribution in [2.24, 2.45) is 4.99 Å². The molecule has 31 heavy (non-hydrogen) atoms. The number of likely N-dealkylation sites (N-methyl/N-ethyl adjacent to an activating group) is 1. The van der Waals surface area contributed by atoms with Gasteiger partial charge in [0.2, 0.25) is 5.91 Å². The van der Waals surface area contributed by atoms with Gasteiger partial charge in [0.05, 0.1) is 26.3 Å². The number of aliphatic imine (C=N–C) groups is 1. The highest BCUT2D eigenvalue weighted by Gasteiger charge is 2.11. The van der Waals surface area contributed by atoms with Gasteiger partial charge in [-0.2, -0.15) is 0 Å². The van der Waals surface area contributed by atoms with E-state index in [0.717, 1.165) is 45.0 Å². The highest BCUT2D eigenvalue weighted by Crippen LogP contribution is 2.07. The number of hydrogen-bond donors (Lipinski definition) is 2. The molecule has 9 nitrogen and oxygen atoms in total. The zero-order chi connectivity index (χ0) is 21.9. The number of benzene rings is 1. The Balaban J connectivity index is 0.00000480. The van der Waals surface area contributed by atoms with Crippen molar-refractivity contribution < 1.29 is 14.3 Å². The van der Waals surface area contributed by atoms with Crippen molar-refractivity contribution in [1.82, 2.24) is 25.3 Å². The Hall–Kier alpha value is -1.92. The van der Waals surface area contributed by atoms with Gasteiger partial charge in [0.25, 0.3) is 5.91 Å². The third kappa shape index (κ3) is 9.83. The monoisotopic (exact) mass is 546 g/mol. The third-order valence-corrected chi connectivity index (χ3v) is 4.76. The molecule has 1 heterocycles. The summed E-state index contributed by atoms with van der Waals surface area (Å²) in [6.45, 7) is 5.61. The number of morpholine rings is 1. The number of amides is 2. The summed E-state index contributed by atoms with van der Waals surface area (Å²) >= 11 is 0. The van der Waals surface area contributed by atoms with Crippen molar-refractivity contribution in [3.8, 4) is 0 Å². The van der Waals surface area contributed by atoms with E-state index in [9.17, 15) is 9.59 Å². The standard InChI is InChI=1S/C21H34N6O3.HI/c1-25(2)19(28)16-24-21(22-9-10-27-11-13-30-14-12-27)23-15-17-5-7-18(8-6-17)20(29)26(3)4;/h5-8H,9-16H2,1-4H3,(H2,22,23,24);1H. The minimum absolute atomic E-state index is 0. The molecule has 2 amide bonds. The number of hydrogen-bond acceptors (Lipinski definition) is 5. The van der Waals surface area contributed by atoms with Gasteiger partial charge in [0.15, 0.2) is 5.96 Å². The Labute approximate surface area is 202 Å².